The lowest BCUT2D eigenvalue weighted by molar-refractivity contribution is -0.119. The number of fused-ring (bicyclic) bond motifs is 2. The highest BCUT2D eigenvalue weighted by Gasteiger charge is 2.23. The first-order valence-corrected chi connectivity index (χ1v) is 10.4. The molecule has 160 valence electrons. The van der Waals surface area contributed by atoms with Gasteiger partial charge in [0, 0.05) is 61.1 Å². The number of ether oxygens (including phenoxy) is 1. The molecule has 0 radical (unpaired) electrons. The van der Waals surface area contributed by atoms with Crippen LogP contribution in [0.2, 0.25) is 0 Å². The first kappa shape index (κ1) is 19.3. The number of carbonyl (C=O) groups is 1. The Bertz CT molecular complexity index is 1240. The third-order valence-electron chi connectivity index (χ3n) is 5.70. The van der Waals surface area contributed by atoms with Gasteiger partial charge in [0.15, 0.2) is 0 Å². The zero-order valence-corrected chi connectivity index (χ0v) is 17.4. The first-order valence-electron chi connectivity index (χ1n) is 10.4. The number of methoxy groups -OCH3 is 1. The molecule has 31 heavy (non-hydrogen) atoms. The highest BCUT2D eigenvalue weighted by Crippen LogP contribution is 2.31. The number of amides is 1. The van der Waals surface area contributed by atoms with Crippen molar-refractivity contribution < 1.29 is 9.53 Å². The summed E-state index contributed by atoms with van der Waals surface area (Å²) in [5, 5.41) is 11.1. The predicted octanol–water partition coefficient (Wildman–Crippen LogP) is 2.31. The molecule has 1 aliphatic carbocycles. The van der Waals surface area contributed by atoms with E-state index in [-0.39, 0.29) is 18.0 Å². The summed E-state index contributed by atoms with van der Waals surface area (Å²) in [7, 11) is 1.61. The van der Waals surface area contributed by atoms with Gasteiger partial charge in [0.25, 0.3) is 0 Å². The molecule has 10 heteroatoms. The van der Waals surface area contributed by atoms with E-state index in [1.165, 1.54) is 0 Å². The standard InChI is InChI=1S/C21H24N8O2/c1-13(30)24-15-3-5-16(6-4-15)25-20-26-19(31-2)18-17(7-9-29(18)27-20)14-11-23-21-22-8-10-28(21)12-14/h7-12,15-16H,3-6H2,1-2H3,(H,24,30)(H,25,27). The monoisotopic (exact) mass is 420 g/mol. The predicted molar refractivity (Wildman–Crippen MR) is 115 cm³/mol. The maximum absolute atomic E-state index is 11.3. The molecule has 4 heterocycles. The van der Waals surface area contributed by atoms with Crippen molar-refractivity contribution in [2.45, 2.75) is 44.7 Å². The van der Waals surface area contributed by atoms with E-state index in [0.717, 1.165) is 42.3 Å². The van der Waals surface area contributed by atoms with Crippen LogP contribution in [0.1, 0.15) is 32.6 Å². The second kappa shape index (κ2) is 7.86. The number of aromatic nitrogens is 6. The van der Waals surface area contributed by atoms with Crippen LogP contribution in [0.4, 0.5) is 5.95 Å². The third-order valence-corrected chi connectivity index (χ3v) is 5.70. The van der Waals surface area contributed by atoms with Crippen LogP contribution in [0.25, 0.3) is 22.4 Å². The van der Waals surface area contributed by atoms with Crippen molar-refractivity contribution >= 4 is 23.1 Å². The maximum atomic E-state index is 11.3. The molecule has 4 aromatic rings. The van der Waals surface area contributed by atoms with Crippen LogP contribution in [0, 0.1) is 0 Å². The van der Waals surface area contributed by atoms with Gasteiger partial charge >= 0.3 is 0 Å². The molecule has 0 bridgehead atoms. The molecule has 0 saturated heterocycles. The number of carbonyl (C=O) groups excluding carboxylic acids is 1. The topological polar surface area (TPSA) is 111 Å². The van der Waals surface area contributed by atoms with Crippen LogP contribution in [0.3, 0.4) is 0 Å². The van der Waals surface area contributed by atoms with Crippen molar-refractivity contribution in [3.05, 3.63) is 37.1 Å². The molecule has 4 aromatic heterocycles. The molecule has 1 saturated carbocycles. The number of rotatable bonds is 5. The van der Waals surface area contributed by atoms with E-state index in [4.69, 9.17) is 4.74 Å². The Morgan fingerprint density at radius 1 is 1.16 bits per heavy atom. The zero-order chi connectivity index (χ0) is 21.4. The van der Waals surface area contributed by atoms with Crippen LogP contribution in [-0.4, -0.2) is 54.1 Å². The van der Waals surface area contributed by atoms with Gasteiger partial charge < -0.3 is 15.4 Å². The van der Waals surface area contributed by atoms with Gasteiger partial charge in [-0.15, -0.1) is 5.10 Å². The molecule has 2 N–H and O–H groups in total. The van der Waals surface area contributed by atoms with E-state index in [2.05, 4.69) is 30.7 Å². The summed E-state index contributed by atoms with van der Waals surface area (Å²) in [5.41, 5.74) is 2.64. The summed E-state index contributed by atoms with van der Waals surface area (Å²) in [6.07, 6.45) is 13.0. The van der Waals surface area contributed by atoms with Gasteiger partial charge in [-0.1, -0.05) is 0 Å². The molecule has 5 rings (SSSR count). The summed E-state index contributed by atoms with van der Waals surface area (Å²) >= 11 is 0. The molecule has 10 nitrogen and oxygen atoms in total. The van der Waals surface area contributed by atoms with Gasteiger partial charge in [0.05, 0.1) is 7.11 Å². The largest absolute Gasteiger partial charge is 0.479 e. The van der Waals surface area contributed by atoms with Gasteiger partial charge in [-0.2, -0.15) is 4.98 Å². The average molecular weight is 420 g/mol. The fraction of sp³-hybridized carbons (Fsp3) is 0.381. The summed E-state index contributed by atoms with van der Waals surface area (Å²) in [6.45, 7) is 1.56. The smallest absolute Gasteiger partial charge is 0.244 e. The lowest BCUT2D eigenvalue weighted by Gasteiger charge is -2.29. The third kappa shape index (κ3) is 3.76. The number of hydrogen-bond acceptors (Lipinski definition) is 7. The molecule has 0 spiro atoms. The fourth-order valence-corrected chi connectivity index (χ4v) is 4.24. The van der Waals surface area contributed by atoms with Crippen LogP contribution >= 0.6 is 0 Å². The van der Waals surface area contributed by atoms with E-state index in [9.17, 15) is 4.79 Å². The van der Waals surface area contributed by atoms with Crippen LogP contribution in [0.5, 0.6) is 5.88 Å². The number of imidazole rings is 1. The number of nitrogens with one attached hydrogen (secondary N) is 2. The highest BCUT2D eigenvalue weighted by molar-refractivity contribution is 5.84. The van der Waals surface area contributed by atoms with Crippen molar-refractivity contribution in [3.63, 3.8) is 0 Å². The minimum absolute atomic E-state index is 0.0285. The van der Waals surface area contributed by atoms with Crippen LogP contribution < -0.4 is 15.4 Å². The van der Waals surface area contributed by atoms with Crippen LogP contribution in [-0.2, 0) is 4.79 Å². The Morgan fingerprint density at radius 3 is 2.74 bits per heavy atom. The van der Waals surface area contributed by atoms with Gasteiger partial charge in [-0.05, 0) is 31.7 Å². The Kier molecular flexibility index (Phi) is 4.89. The molecule has 0 atom stereocenters. The second-order valence-corrected chi connectivity index (χ2v) is 7.84. The molecule has 0 aromatic carbocycles. The fourth-order valence-electron chi connectivity index (χ4n) is 4.24. The van der Waals surface area contributed by atoms with Crippen molar-refractivity contribution in [2.24, 2.45) is 0 Å². The van der Waals surface area contributed by atoms with E-state index in [1.54, 1.807) is 30.9 Å². The zero-order valence-electron chi connectivity index (χ0n) is 17.4. The quantitative estimate of drug-likeness (QED) is 0.510. The summed E-state index contributed by atoms with van der Waals surface area (Å²) < 4.78 is 9.27. The highest BCUT2D eigenvalue weighted by atomic mass is 16.5. The van der Waals surface area contributed by atoms with E-state index in [1.807, 2.05) is 29.1 Å². The molecular formula is C21H24N8O2. The number of nitrogens with zero attached hydrogens (tertiary/aromatic N) is 6. The molecule has 1 aliphatic rings. The first-order chi connectivity index (χ1) is 15.1. The Morgan fingerprint density at radius 2 is 1.97 bits per heavy atom. The Labute approximate surface area is 178 Å². The average Bonchev–Trinajstić information content (AvgIpc) is 3.40. The van der Waals surface area contributed by atoms with Crippen molar-refractivity contribution in [2.75, 3.05) is 12.4 Å². The molecule has 1 amide bonds. The Balaban J connectivity index is 1.40. The minimum atomic E-state index is 0.0285. The van der Waals surface area contributed by atoms with Crippen molar-refractivity contribution in [3.8, 4) is 17.0 Å². The normalized spacial score (nSPS) is 18.9. The molecule has 0 unspecified atom stereocenters. The summed E-state index contributed by atoms with van der Waals surface area (Å²) in [4.78, 5) is 24.5. The second-order valence-electron chi connectivity index (χ2n) is 7.84. The minimum Gasteiger partial charge on any atom is -0.479 e. The van der Waals surface area contributed by atoms with Gasteiger partial charge in [-0.25, -0.2) is 14.5 Å². The number of hydrogen-bond donors (Lipinski definition) is 2. The van der Waals surface area contributed by atoms with E-state index >= 15 is 0 Å². The summed E-state index contributed by atoms with van der Waals surface area (Å²) in [6, 6.07) is 2.49. The van der Waals surface area contributed by atoms with Gasteiger partial charge in [0.1, 0.15) is 5.52 Å². The lowest BCUT2D eigenvalue weighted by atomic mass is 9.91. The maximum Gasteiger partial charge on any atom is 0.244 e. The summed E-state index contributed by atoms with van der Waals surface area (Å²) in [5.74, 6) is 1.70. The number of anilines is 1. The van der Waals surface area contributed by atoms with Gasteiger partial charge in [0.2, 0.25) is 23.5 Å². The molecule has 1 fully saturated rings. The van der Waals surface area contributed by atoms with Crippen molar-refractivity contribution in [1.82, 2.24) is 34.3 Å². The lowest BCUT2D eigenvalue weighted by Crippen LogP contribution is -2.39. The van der Waals surface area contributed by atoms with Gasteiger partial charge in [-0.3, -0.25) is 9.20 Å². The van der Waals surface area contributed by atoms with E-state index < -0.39 is 0 Å². The SMILES string of the molecule is COc1nc(NC2CCC(NC(C)=O)CC2)nn2ccc(-c3cnc4nccn4c3)c12. The van der Waals surface area contributed by atoms with Crippen LogP contribution in [0.15, 0.2) is 37.1 Å². The molecule has 0 aliphatic heterocycles. The van der Waals surface area contributed by atoms with Crippen molar-refractivity contribution in [1.29, 1.82) is 0 Å². The molecular weight excluding hydrogens is 396 g/mol. The Hall–Kier alpha value is -3.69. The van der Waals surface area contributed by atoms with E-state index in [0.29, 0.717) is 17.6 Å².